The fourth-order valence-electron chi connectivity index (χ4n) is 13.1. The van der Waals surface area contributed by atoms with Gasteiger partial charge >= 0.3 is 19.1 Å². The first-order valence-corrected chi connectivity index (χ1v) is 33.4. The fourth-order valence-corrected chi connectivity index (χ4v) is 27.2. The van der Waals surface area contributed by atoms with Crippen LogP contribution in [0, 0.1) is 0 Å². The number of nitrogens with zero attached hydrogens (tertiary/aromatic N) is 2. The van der Waals surface area contributed by atoms with Crippen molar-refractivity contribution in [3.8, 4) is 44.9 Å². The van der Waals surface area contributed by atoms with E-state index in [0.29, 0.717) is 63.3 Å². The van der Waals surface area contributed by atoms with E-state index in [4.69, 9.17) is 29.0 Å². The number of esters is 2. The fraction of sp³-hybridized carbons (Fsp3) is 0.364. The zero-order valence-electron chi connectivity index (χ0n) is 49.9. The molecule has 0 radical (unpaired) electrons. The third kappa shape index (κ3) is 12.8. The van der Waals surface area contributed by atoms with E-state index in [1.54, 1.807) is 12.1 Å². The molecule has 2 N–H and O–H groups in total. The van der Waals surface area contributed by atoms with E-state index in [2.05, 4.69) is 174 Å². The second-order valence-electron chi connectivity index (χ2n) is 22.3. The van der Waals surface area contributed by atoms with Gasteiger partial charge < -0.3 is 37.5 Å². The van der Waals surface area contributed by atoms with Gasteiger partial charge in [-0.15, -0.1) is 0 Å². The van der Waals surface area contributed by atoms with Crippen molar-refractivity contribution in [1.82, 2.24) is 8.47 Å². The molecule has 0 bridgehead atoms. The van der Waals surface area contributed by atoms with Crippen LogP contribution in [0.5, 0.6) is 11.5 Å². The number of aromatic nitrogens is 2. The van der Waals surface area contributed by atoms with E-state index >= 15 is 0 Å². The molecule has 6 aromatic carbocycles. The first-order chi connectivity index (χ1) is 38.1. The highest BCUT2D eigenvalue weighted by molar-refractivity contribution is 9.10. The van der Waals surface area contributed by atoms with Crippen LogP contribution in [0.1, 0.15) is 118 Å². The van der Waals surface area contributed by atoms with E-state index in [0.717, 1.165) is 60.1 Å². The molecule has 0 spiro atoms. The van der Waals surface area contributed by atoms with E-state index in [1.807, 2.05) is 80.6 Å². The molecule has 2 aromatic heterocycles. The Morgan fingerprint density at radius 2 is 0.850 bits per heavy atom. The Kier molecular flexibility index (Phi) is 21.7. The van der Waals surface area contributed by atoms with Crippen molar-refractivity contribution in [3.05, 3.63) is 162 Å². The molecule has 8 aromatic rings. The molecule has 10 nitrogen and oxygen atoms in total. The Morgan fingerprint density at radius 3 is 1.25 bits per heavy atom. The maximum absolute atomic E-state index is 13.7. The lowest BCUT2D eigenvalue weighted by Gasteiger charge is -2.44. The van der Waals surface area contributed by atoms with Crippen LogP contribution in [0.15, 0.2) is 150 Å². The molecule has 0 atom stereocenters. The van der Waals surface area contributed by atoms with Gasteiger partial charge in [-0.25, -0.2) is 9.59 Å². The van der Waals surface area contributed by atoms with Gasteiger partial charge in [0.05, 0.1) is 27.4 Å². The molecule has 0 saturated carbocycles. The average Bonchev–Trinajstić information content (AvgIpc) is 4.23. The number of halogens is 1. The number of methoxy groups -OCH3 is 2. The van der Waals surface area contributed by atoms with Crippen LogP contribution in [-0.2, 0) is 9.47 Å². The van der Waals surface area contributed by atoms with Crippen LogP contribution in [0.4, 0.5) is 0 Å². The lowest BCUT2D eigenvalue weighted by Crippen LogP contribution is -2.52. The lowest BCUT2D eigenvalue weighted by atomic mass is 9.79. The van der Waals surface area contributed by atoms with Crippen molar-refractivity contribution in [2.45, 2.75) is 130 Å². The molecule has 0 unspecified atom stereocenters. The molecule has 0 fully saturated rings. The molecule has 0 aliphatic carbocycles. The number of fused-ring (bicyclic) bond motifs is 2. The molecule has 14 heteroatoms. The number of ether oxygens (including phenoxy) is 4. The van der Waals surface area contributed by atoms with Gasteiger partial charge in [0, 0.05) is 33.6 Å². The summed E-state index contributed by atoms with van der Waals surface area (Å²) in [5.74, 6) is 1.05. The summed E-state index contributed by atoms with van der Waals surface area (Å²) in [6.45, 7) is 32.8. The monoisotopic (exact) mass is 1180 g/mol. The quantitative estimate of drug-likeness (QED) is 0.0644. The summed E-state index contributed by atoms with van der Waals surface area (Å²) in [5.41, 5.74) is 10.3. The zero-order chi connectivity index (χ0) is 58.8. The van der Waals surface area contributed by atoms with Gasteiger partial charge in [-0.2, -0.15) is 0 Å². The summed E-state index contributed by atoms with van der Waals surface area (Å²) < 4.78 is 27.7. The van der Waals surface area contributed by atoms with Crippen molar-refractivity contribution < 1.29 is 38.6 Å². The third-order valence-electron chi connectivity index (χ3n) is 16.1. The number of carbonyl (C=O) groups excluding carboxylic acids is 2. The summed E-state index contributed by atoms with van der Waals surface area (Å²) in [7, 11) is -2.86. The first kappa shape index (κ1) is 63.0. The molecule has 0 aliphatic heterocycles. The smallest absolute Gasteiger partial charge is 0.488 e. The standard InChI is InChI=1S/C33H41NO3Si.C23H34BrNO3Si.C10H9BO2/c1-9-37-29-18-16-26(17-19-29)31-30(28-15-14-25-12-10-11-13-27(25)20-28)21-34(32(31)33(35)36-8)38(22(2)3,23(4)5)24(6)7;1-9-28-19-12-10-18(11-13-19)21-20(24)14-25(22(21)23(26)27-8)29(15(2)3,16(4)5)17(6)7;12-11(13)10-6-5-8-3-1-2-4-9(8)7-10/h10-24H,9H2,1-8H3;10-17H,9H2,1-8H3;1-7,12-13H. The minimum atomic E-state index is -2.29. The van der Waals surface area contributed by atoms with Gasteiger partial charge in [0.1, 0.15) is 22.9 Å². The van der Waals surface area contributed by atoms with Gasteiger partial charge in [0.15, 0.2) is 16.5 Å². The first-order valence-electron chi connectivity index (χ1n) is 28.2. The van der Waals surface area contributed by atoms with Gasteiger partial charge in [-0.05, 0) is 137 Å². The third-order valence-corrected chi connectivity index (χ3v) is 30.2. The minimum Gasteiger partial charge on any atom is -0.494 e. The van der Waals surface area contributed by atoms with Crippen molar-refractivity contribution in [3.63, 3.8) is 0 Å². The minimum absolute atomic E-state index is 0.292. The molecule has 8 rings (SSSR count). The molecule has 80 heavy (non-hydrogen) atoms. The molecular weight excluding hydrogens is 1100 g/mol. The largest absolute Gasteiger partial charge is 0.494 e. The van der Waals surface area contributed by atoms with Gasteiger partial charge in [-0.3, -0.25) is 0 Å². The van der Waals surface area contributed by atoms with Crippen molar-refractivity contribution >= 4 is 78.5 Å². The topological polar surface area (TPSA) is 121 Å². The average molecular weight is 1180 g/mol. The van der Waals surface area contributed by atoms with Crippen molar-refractivity contribution in [2.24, 2.45) is 0 Å². The molecule has 0 aliphatic rings. The summed E-state index contributed by atoms with van der Waals surface area (Å²) >= 11 is 3.75. The van der Waals surface area contributed by atoms with Crippen molar-refractivity contribution in [1.29, 1.82) is 0 Å². The van der Waals surface area contributed by atoms with Gasteiger partial charge in [-0.1, -0.05) is 186 Å². The van der Waals surface area contributed by atoms with Crippen LogP contribution < -0.4 is 14.9 Å². The molecular formula is C66H84BBrN2O8Si2. The zero-order valence-corrected chi connectivity index (χ0v) is 53.5. The number of carbonyl (C=O) groups is 2. The SMILES string of the molecule is CCOc1ccc(-c2c(-c3ccc4ccccc4c3)cn([Si](C(C)C)(C(C)C)C(C)C)c2C(=O)OC)cc1.CCOc1ccc(-c2c(Br)cn([Si](C(C)C)(C(C)C)C(C)C)c2C(=O)OC)cc1.OB(O)c1ccc2ccccc2c1. The summed E-state index contributed by atoms with van der Waals surface area (Å²) in [4.78, 5) is 26.8. The maximum atomic E-state index is 13.7. The van der Waals surface area contributed by atoms with Crippen LogP contribution in [0.25, 0.3) is 54.9 Å². The lowest BCUT2D eigenvalue weighted by molar-refractivity contribution is 0.0584. The van der Waals surface area contributed by atoms with E-state index < -0.39 is 23.6 Å². The number of hydrogen-bond acceptors (Lipinski definition) is 8. The van der Waals surface area contributed by atoms with Crippen LogP contribution in [0.3, 0.4) is 0 Å². The van der Waals surface area contributed by atoms with E-state index in [1.165, 1.54) is 25.0 Å². The Bertz CT molecular complexity index is 3300. The Labute approximate surface area is 486 Å². The van der Waals surface area contributed by atoms with E-state index in [9.17, 15) is 9.59 Å². The number of hydrogen-bond donors (Lipinski definition) is 2. The van der Waals surface area contributed by atoms with E-state index in [-0.39, 0.29) is 11.9 Å². The molecule has 0 saturated heterocycles. The molecule has 424 valence electrons. The molecule has 2 heterocycles. The number of rotatable bonds is 18. The second-order valence-corrected chi connectivity index (χ2v) is 34.6. The van der Waals surface area contributed by atoms with Crippen LogP contribution in [0.2, 0.25) is 33.2 Å². The van der Waals surface area contributed by atoms with Gasteiger partial charge in [0.25, 0.3) is 0 Å². The Hall–Kier alpha value is -6.16. The summed E-state index contributed by atoms with van der Waals surface area (Å²) in [6.07, 6.45) is 4.37. The highest BCUT2D eigenvalue weighted by Gasteiger charge is 2.49. The Morgan fingerprint density at radius 1 is 0.487 bits per heavy atom. The predicted octanol–water partition coefficient (Wildman–Crippen LogP) is 16.8. The molecule has 0 amide bonds. The second kappa shape index (κ2) is 27.5. The Balaban J connectivity index is 0.000000215. The maximum Gasteiger partial charge on any atom is 0.488 e. The van der Waals surface area contributed by atoms with Crippen LogP contribution >= 0.6 is 15.9 Å². The summed E-state index contributed by atoms with van der Waals surface area (Å²) in [6, 6.07) is 44.2. The van der Waals surface area contributed by atoms with Gasteiger partial charge in [0.2, 0.25) is 0 Å². The normalized spacial score (nSPS) is 11.8. The predicted molar refractivity (Wildman–Crippen MR) is 342 cm³/mol. The van der Waals surface area contributed by atoms with Crippen molar-refractivity contribution in [2.75, 3.05) is 27.4 Å². The van der Waals surface area contributed by atoms with Crippen LogP contribution in [-0.4, -0.2) is 81.5 Å². The number of benzene rings is 6. The summed E-state index contributed by atoms with van der Waals surface area (Å²) in [5, 5.41) is 22.4. The highest BCUT2D eigenvalue weighted by atomic mass is 79.9. The highest BCUT2D eigenvalue weighted by Crippen LogP contribution is 2.49.